The number of carbonyl (C=O) groups is 3. The molecule has 164 valence electrons. The smallest absolute Gasteiger partial charge is 0.237 e. The van der Waals surface area contributed by atoms with Gasteiger partial charge in [-0.1, -0.05) is 6.07 Å². The lowest BCUT2D eigenvalue weighted by atomic mass is 10.1. The number of likely N-dealkylation sites (tertiary alicyclic amines) is 1. The van der Waals surface area contributed by atoms with Crippen LogP contribution < -0.4 is 15.4 Å². The van der Waals surface area contributed by atoms with Gasteiger partial charge in [-0.25, -0.2) is 4.39 Å². The van der Waals surface area contributed by atoms with E-state index in [2.05, 4.69) is 10.6 Å². The number of ether oxygens (including phenoxy) is 1. The molecule has 0 saturated carbocycles. The van der Waals surface area contributed by atoms with E-state index in [9.17, 15) is 18.8 Å². The number of piperidine rings is 1. The van der Waals surface area contributed by atoms with Gasteiger partial charge in [0, 0.05) is 57.3 Å². The minimum atomic E-state index is -0.670. The van der Waals surface area contributed by atoms with E-state index < -0.39 is 11.9 Å². The van der Waals surface area contributed by atoms with E-state index in [0.29, 0.717) is 43.9 Å². The zero-order valence-electron chi connectivity index (χ0n) is 17.3. The number of nitrogens with zero attached hydrogens (tertiary/aromatic N) is 2. The molecule has 0 aliphatic carbocycles. The molecule has 8 nitrogen and oxygen atoms in total. The normalized spacial score (nSPS) is 20.1. The van der Waals surface area contributed by atoms with Gasteiger partial charge in [0.2, 0.25) is 17.7 Å². The zero-order valence-corrected chi connectivity index (χ0v) is 17.3. The molecule has 2 N–H and O–H groups in total. The highest BCUT2D eigenvalue weighted by atomic mass is 19.1. The van der Waals surface area contributed by atoms with E-state index in [0.717, 1.165) is 19.4 Å². The molecule has 0 aromatic heterocycles. The molecule has 30 heavy (non-hydrogen) atoms. The maximum absolute atomic E-state index is 14.3. The van der Waals surface area contributed by atoms with Crippen LogP contribution in [0.2, 0.25) is 0 Å². The van der Waals surface area contributed by atoms with E-state index in [-0.39, 0.29) is 30.7 Å². The van der Waals surface area contributed by atoms with Crippen molar-refractivity contribution in [2.75, 3.05) is 39.8 Å². The Hall–Kier alpha value is -2.68. The van der Waals surface area contributed by atoms with Crippen molar-refractivity contribution < 1.29 is 23.5 Å². The van der Waals surface area contributed by atoms with Crippen LogP contribution in [0, 0.1) is 5.82 Å². The monoisotopic (exact) mass is 420 g/mol. The topological polar surface area (TPSA) is 91.0 Å². The van der Waals surface area contributed by atoms with Crippen molar-refractivity contribution >= 4 is 17.7 Å². The molecule has 0 unspecified atom stereocenters. The number of benzene rings is 1. The van der Waals surface area contributed by atoms with E-state index >= 15 is 0 Å². The quantitative estimate of drug-likeness (QED) is 0.645. The highest BCUT2D eigenvalue weighted by molar-refractivity contribution is 5.88. The summed E-state index contributed by atoms with van der Waals surface area (Å²) in [6, 6.07) is 3.94. The van der Waals surface area contributed by atoms with Gasteiger partial charge in [0.1, 0.15) is 11.6 Å². The first-order valence-electron chi connectivity index (χ1n) is 10.4. The lowest BCUT2D eigenvalue weighted by Crippen LogP contribution is -2.56. The number of amides is 3. The van der Waals surface area contributed by atoms with Gasteiger partial charge in [0.15, 0.2) is 0 Å². The lowest BCUT2D eigenvalue weighted by molar-refractivity contribution is -0.134. The molecular weight excluding hydrogens is 391 g/mol. The van der Waals surface area contributed by atoms with Crippen LogP contribution in [-0.4, -0.2) is 73.4 Å². The number of carbonyl (C=O) groups excluding carboxylic acids is 3. The largest absolute Gasteiger partial charge is 0.497 e. The van der Waals surface area contributed by atoms with Gasteiger partial charge in [0.25, 0.3) is 0 Å². The average Bonchev–Trinajstić information content (AvgIpc) is 2.73. The van der Waals surface area contributed by atoms with E-state index in [1.165, 1.54) is 13.2 Å². The molecule has 1 atom stereocenters. The van der Waals surface area contributed by atoms with Crippen LogP contribution in [0.4, 0.5) is 4.39 Å². The fourth-order valence-electron chi connectivity index (χ4n) is 3.85. The molecule has 9 heteroatoms. The van der Waals surface area contributed by atoms with Gasteiger partial charge in [-0.05, 0) is 18.9 Å². The molecule has 2 aliphatic heterocycles. The molecular formula is C21H29FN4O4. The molecule has 1 aromatic carbocycles. The van der Waals surface area contributed by atoms with Gasteiger partial charge in [-0.15, -0.1) is 0 Å². The number of piperazine rings is 1. The predicted octanol–water partition coefficient (Wildman–Crippen LogP) is 0.654. The van der Waals surface area contributed by atoms with Gasteiger partial charge >= 0.3 is 0 Å². The third-order valence-corrected chi connectivity index (χ3v) is 5.58. The summed E-state index contributed by atoms with van der Waals surface area (Å²) in [4.78, 5) is 40.2. The Balaban J connectivity index is 1.54. The number of halogens is 1. The van der Waals surface area contributed by atoms with Gasteiger partial charge < -0.3 is 20.3 Å². The minimum Gasteiger partial charge on any atom is -0.497 e. The molecule has 0 bridgehead atoms. The van der Waals surface area contributed by atoms with Crippen LogP contribution in [0.5, 0.6) is 5.75 Å². The lowest BCUT2D eigenvalue weighted by Gasteiger charge is -2.34. The van der Waals surface area contributed by atoms with Gasteiger partial charge in [0.05, 0.1) is 19.6 Å². The molecule has 2 fully saturated rings. The number of hydrogen-bond acceptors (Lipinski definition) is 5. The maximum atomic E-state index is 14.3. The van der Waals surface area contributed by atoms with Crippen LogP contribution in [-0.2, 0) is 20.9 Å². The summed E-state index contributed by atoms with van der Waals surface area (Å²) in [5.41, 5.74) is 0.444. The Morgan fingerprint density at radius 2 is 2.13 bits per heavy atom. The zero-order chi connectivity index (χ0) is 21.5. The number of nitrogens with one attached hydrogen (secondary N) is 2. The molecule has 1 aromatic rings. The summed E-state index contributed by atoms with van der Waals surface area (Å²) in [6.45, 7) is 2.75. The van der Waals surface area contributed by atoms with Crippen molar-refractivity contribution in [3.8, 4) is 5.75 Å². The van der Waals surface area contributed by atoms with Crippen molar-refractivity contribution in [3.63, 3.8) is 0 Å². The van der Waals surface area contributed by atoms with Crippen LogP contribution in [0.25, 0.3) is 0 Å². The second kappa shape index (κ2) is 10.4. The van der Waals surface area contributed by atoms with Gasteiger partial charge in [-0.3, -0.25) is 19.3 Å². The van der Waals surface area contributed by atoms with Gasteiger partial charge in [-0.2, -0.15) is 0 Å². The highest BCUT2D eigenvalue weighted by Gasteiger charge is 2.32. The summed E-state index contributed by atoms with van der Waals surface area (Å²) in [5, 5.41) is 5.57. The first-order chi connectivity index (χ1) is 14.5. The first-order valence-corrected chi connectivity index (χ1v) is 10.4. The van der Waals surface area contributed by atoms with Crippen molar-refractivity contribution in [2.24, 2.45) is 0 Å². The highest BCUT2D eigenvalue weighted by Crippen LogP contribution is 2.20. The first kappa shape index (κ1) is 22.0. The summed E-state index contributed by atoms with van der Waals surface area (Å²) >= 11 is 0. The van der Waals surface area contributed by atoms with Crippen LogP contribution in [0.3, 0.4) is 0 Å². The molecule has 2 heterocycles. The minimum absolute atomic E-state index is 0.0163. The standard InChI is InChI=1S/C21H29FN4O4/c1-30-16-6-5-15(17(22)12-16)14-26-11-8-24-21(29)18(26)13-19(27)23-7-10-25-9-3-2-4-20(25)28/h5-6,12,18H,2-4,7-11,13-14H2,1H3,(H,23,27)(H,24,29)/t18-/m0/s1. The number of methoxy groups -OCH3 is 1. The number of rotatable bonds is 8. The SMILES string of the molecule is COc1ccc(CN2CCNC(=O)[C@@H]2CC(=O)NCCN2CCCCC2=O)c(F)c1. The summed E-state index contributed by atoms with van der Waals surface area (Å²) in [7, 11) is 1.47. The second-order valence-corrected chi connectivity index (χ2v) is 7.63. The third-order valence-electron chi connectivity index (χ3n) is 5.58. The number of hydrogen-bond donors (Lipinski definition) is 2. The fraction of sp³-hybridized carbons (Fsp3) is 0.571. The summed E-state index contributed by atoms with van der Waals surface area (Å²) < 4.78 is 19.4. The average molecular weight is 420 g/mol. The van der Waals surface area contributed by atoms with E-state index in [1.54, 1.807) is 17.0 Å². The Kier molecular flexibility index (Phi) is 7.62. The third kappa shape index (κ3) is 5.69. The predicted molar refractivity (Wildman–Crippen MR) is 108 cm³/mol. The van der Waals surface area contributed by atoms with Crippen LogP contribution in [0.1, 0.15) is 31.2 Å². The Morgan fingerprint density at radius 3 is 2.87 bits per heavy atom. The molecule has 2 aliphatic rings. The van der Waals surface area contributed by atoms with E-state index in [1.807, 2.05) is 4.90 Å². The Morgan fingerprint density at radius 1 is 1.30 bits per heavy atom. The summed E-state index contributed by atoms with van der Waals surface area (Å²) in [5.74, 6) is -0.362. The fourth-order valence-corrected chi connectivity index (χ4v) is 3.85. The molecule has 3 amide bonds. The van der Waals surface area contributed by atoms with Crippen LogP contribution >= 0.6 is 0 Å². The Bertz CT molecular complexity index is 788. The maximum Gasteiger partial charge on any atom is 0.237 e. The van der Waals surface area contributed by atoms with Crippen molar-refractivity contribution in [2.45, 2.75) is 38.3 Å². The molecule has 0 radical (unpaired) electrons. The van der Waals surface area contributed by atoms with Crippen LogP contribution in [0.15, 0.2) is 18.2 Å². The molecule has 0 spiro atoms. The second-order valence-electron chi connectivity index (χ2n) is 7.63. The van der Waals surface area contributed by atoms with Crippen molar-refractivity contribution in [1.82, 2.24) is 20.4 Å². The van der Waals surface area contributed by atoms with Crippen molar-refractivity contribution in [1.29, 1.82) is 0 Å². The Labute approximate surface area is 175 Å². The molecule has 2 saturated heterocycles. The summed E-state index contributed by atoms with van der Waals surface area (Å²) in [6.07, 6.45) is 2.45. The van der Waals surface area contributed by atoms with Crippen molar-refractivity contribution in [3.05, 3.63) is 29.6 Å². The van der Waals surface area contributed by atoms with E-state index in [4.69, 9.17) is 4.74 Å². The molecule has 3 rings (SSSR count).